The van der Waals surface area contributed by atoms with E-state index in [1.54, 1.807) is 11.0 Å². The normalized spacial score (nSPS) is 13.7. The van der Waals surface area contributed by atoms with Gasteiger partial charge in [0.05, 0.1) is 6.54 Å². The summed E-state index contributed by atoms with van der Waals surface area (Å²) < 4.78 is 0.899. The number of benzene rings is 1. The number of fused-ring (bicyclic) bond motifs is 1. The molecule has 1 aromatic carbocycles. The van der Waals surface area contributed by atoms with Gasteiger partial charge in [0.2, 0.25) is 5.91 Å². The zero-order chi connectivity index (χ0) is 12.6. The summed E-state index contributed by atoms with van der Waals surface area (Å²) in [7, 11) is 0. The number of hydrogen-bond acceptors (Lipinski definition) is 2. The van der Waals surface area contributed by atoms with Crippen molar-refractivity contribution in [3.05, 3.63) is 46.0 Å². The van der Waals surface area contributed by atoms with E-state index in [0.29, 0.717) is 12.1 Å². The van der Waals surface area contributed by atoms with Crippen LogP contribution in [0.5, 0.6) is 0 Å². The molecule has 0 bridgehead atoms. The summed E-state index contributed by atoms with van der Waals surface area (Å²) in [6.45, 7) is 4.21. The fraction of sp³-hybridized carbons (Fsp3) is 0.167. The lowest BCUT2D eigenvalue weighted by atomic mass is 10.1. The molecule has 1 aliphatic rings. The van der Waals surface area contributed by atoms with Gasteiger partial charge >= 0.3 is 0 Å². The molecule has 0 radical (unpaired) electrons. The van der Waals surface area contributed by atoms with Gasteiger partial charge in [0.1, 0.15) is 0 Å². The van der Waals surface area contributed by atoms with Gasteiger partial charge in [-0.15, -0.1) is 0 Å². The van der Waals surface area contributed by atoms with Crippen LogP contribution in [-0.2, 0) is 11.3 Å². The van der Waals surface area contributed by atoms with E-state index in [1.807, 2.05) is 12.1 Å². The van der Waals surface area contributed by atoms with E-state index in [0.717, 1.165) is 10.0 Å². The number of halogens is 1. The molecule has 0 aliphatic carbocycles. The standard InChI is InChI=1S/C12H11BrN2O2/c1-7(11(14)16)5-15-6-9-8(12(15)17)3-2-4-10(9)13/h2-4H,1,5-6H2,(H2,14,16). The van der Waals surface area contributed by atoms with E-state index >= 15 is 0 Å². The summed E-state index contributed by atoms with van der Waals surface area (Å²) in [6.07, 6.45) is 0. The Morgan fingerprint density at radius 3 is 2.82 bits per heavy atom. The van der Waals surface area contributed by atoms with Crippen LogP contribution in [0.2, 0.25) is 0 Å². The Hall–Kier alpha value is -1.62. The minimum atomic E-state index is -0.576. The van der Waals surface area contributed by atoms with Crippen molar-refractivity contribution in [2.75, 3.05) is 6.54 Å². The predicted molar refractivity (Wildman–Crippen MR) is 67.2 cm³/mol. The zero-order valence-electron chi connectivity index (χ0n) is 9.07. The molecule has 0 atom stereocenters. The Kier molecular flexibility index (Phi) is 3.02. The quantitative estimate of drug-likeness (QED) is 0.858. The first kappa shape index (κ1) is 11.9. The van der Waals surface area contributed by atoms with Crippen LogP contribution in [0.1, 0.15) is 15.9 Å². The van der Waals surface area contributed by atoms with Crippen LogP contribution >= 0.6 is 15.9 Å². The van der Waals surface area contributed by atoms with Crippen molar-refractivity contribution < 1.29 is 9.59 Å². The third-order valence-corrected chi connectivity index (χ3v) is 3.46. The summed E-state index contributed by atoms with van der Waals surface area (Å²) >= 11 is 3.40. The maximum absolute atomic E-state index is 12.0. The van der Waals surface area contributed by atoms with Crippen LogP contribution in [0.25, 0.3) is 0 Å². The van der Waals surface area contributed by atoms with Gasteiger partial charge in [-0.05, 0) is 17.7 Å². The highest BCUT2D eigenvalue weighted by molar-refractivity contribution is 9.10. The third-order valence-electron chi connectivity index (χ3n) is 2.72. The zero-order valence-corrected chi connectivity index (χ0v) is 10.7. The molecule has 4 nitrogen and oxygen atoms in total. The van der Waals surface area contributed by atoms with Gasteiger partial charge in [0.15, 0.2) is 0 Å². The van der Waals surface area contributed by atoms with Gasteiger partial charge in [0, 0.05) is 22.2 Å². The minimum absolute atomic E-state index is 0.0938. The fourth-order valence-electron chi connectivity index (χ4n) is 1.79. The van der Waals surface area contributed by atoms with Crippen molar-refractivity contribution >= 4 is 27.7 Å². The second kappa shape index (κ2) is 4.33. The number of carbonyl (C=O) groups excluding carboxylic acids is 2. The summed E-state index contributed by atoms with van der Waals surface area (Å²) in [5.74, 6) is -0.670. The minimum Gasteiger partial charge on any atom is -0.366 e. The topological polar surface area (TPSA) is 63.4 Å². The molecule has 88 valence electrons. The molecule has 0 unspecified atom stereocenters. The monoisotopic (exact) mass is 294 g/mol. The molecule has 2 rings (SSSR count). The van der Waals surface area contributed by atoms with E-state index in [2.05, 4.69) is 22.5 Å². The molecule has 2 N–H and O–H groups in total. The van der Waals surface area contributed by atoms with E-state index in [1.165, 1.54) is 0 Å². The van der Waals surface area contributed by atoms with Crippen molar-refractivity contribution in [2.24, 2.45) is 5.73 Å². The lowest BCUT2D eigenvalue weighted by molar-refractivity contribution is -0.114. The number of primary amides is 1. The van der Waals surface area contributed by atoms with Gasteiger partial charge in [-0.2, -0.15) is 0 Å². The predicted octanol–water partition coefficient (Wildman–Crippen LogP) is 1.45. The number of nitrogens with zero attached hydrogens (tertiary/aromatic N) is 1. The Labute approximate surface area is 107 Å². The van der Waals surface area contributed by atoms with Gasteiger partial charge in [-0.25, -0.2) is 0 Å². The maximum Gasteiger partial charge on any atom is 0.254 e. The Bertz CT molecular complexity index is 525. The number of rotatable bonds is 3. The average molecular weight is 295 g/mol. The average Bonchev–Trinajstić information content (AvgIpc) is 2.58. The van der Waals surface area contributed by atoms with Crippen molar-refractivity contribution in [2.45, 2.75) is 6.54 Å². The lowest BCUT2D eigenvalue weighted by Crippen LogP contribution is -2.30. The van der Waals surface area contributed by atoms with Crippen LogP contribution in [0.4, 0.5) is 0 Å². The molecule has 1 heterocycles. The van der Waals surface area contributed by atoms with E-state index in [-0.39, 0.29) is 18.0 Å². The molecule has 0 saturated carbocycles. The Morgan fingerprint density at radius 2 is 2.24 bits per heavy atom. The largest absolute Gasteiger partial charge is 0.366 e. The first-order valence-electron chi connectivity index (χ1n) is 5.05. The van der Waals surface area contributed by atoms with E-state index < -0.39 is 5.91 Å². The van der Waals surface area contributed by atoms with Gasteiger partial charge in [0.25, 0.3) is 5.91 Å². The molecule has 0 aromatic heterocycles. The summed E-state index contributed by atoms with van der Waals surface area (Å²) in [5, 5.41) is 0. The number of nitrogens with two attached hydrogens (primary N) is 1. The van der Waals surface area contributed by atoms with Gasteiger partial charge < -0.3 is 10.6 Å². The van der Waals surface area contributed by atoms with E-state index in [4.69, 9.17) is 5.73 Å². The van der Waals surface area contributed by atoms with E-state index in [9.17, 15) is 9.59 Å². The first-order valence-corrected chi connectivity index (χ1v) is 5.84. The number of carbonyl (C=O) groups is 2. The number of hydrogen-bond donors (Lipinski definition) is 1. The van der Waals surface area contributed by atoms with Crippen molar-refractivity contribution in [3.8, 4) is 0 Å². The van der Waals surface area contributed by atoms with Crippen LogP contribution < -0.4 is 5.73 Å². The van der Waals surface area contributed by atoms with Gasteiger partial charge in [-0.1, -0.05) is 28.6 Å². The van der Waals surface area contributed by atoms with Crippen LogP contribution in [0.15, 0.2) is 34.8 Å². The highest BCUT2D eigenvalue weighted by Gasteiger charge is 2.29. The molecule has 0 fully saturated rings. The molecule has 5 heteroatoms. The Balaban J connectivity index is 2.23. The summed E-state index contributed by atoms with van der Waals surface area (Å²) in [4.78, 5) is 24.5. The van der Waals surface area contributed by atoms with Crippen molar-refractivity contribution in [1.82, 2.24) is 4.90 Å². The number of amides is 2. The molecular weight excluding hydrogens is 284 g/mol. The fourth-order valence-corrected chi connectivity index (χ4v) is 2.28. The molecule has 17 heavy (non-hydrogen) atoms. The molecule has 0 spiro atoms. The molecule has 1 aromatic rings. The first-order chi connectivity index (χ1) is 8.00. The second-order valence-electron chi connectivity index (χ2n) is 3.89. The molecule has 2 amide bonds. The molecule has 0 saturated heterocycles. The lowest BCUT2D eigenvalue weighted by Gasteiger charge is -2.15. The second-order valence-corrected chi connectivity index (χ2v) is 4.75. The van der Waals surface area contributed by atoms with Crippen LogP contribution in [-0.4, -0.2) is 23.3 Å². The molecular formula is C12H11BrN2O2. The summed E-state index contributed by atoms with van der Waals surface area (Å²) in [6, 6.07) is 5.47. The van der Waals surface area contributed by atoms with Gasteiger partial charge in [-0.3, -0.25) is 9.59 Å². The highest BCUT2D eigenvalue weighted by atomic mass is 79.9. The summed E-state index contributed by atoms with van der Waals surface area (Å²) in [5.41, 5.74) is 6.95. The third kappa shape index (κ3) is 2.10. The molecule has 1 aliphatic heterocycles. The van der Waals surface area contributed by atoms with Crippen molar-refractivity contribution in [3.63, 3.8) is 0 Å². The van der Waals surface area contributed by atoms with Crippen LogP contribution in [0, 0.1) is 0 Å². The smallest absolute Gasteiger partial charge is 0.254 e. The Morgan fingerprint density at radius 1 is 1.53 bits per heavy atom. The highest BCUT2D eigenvalue weighted by Crippen LogP contribution is 2.29. The van der Waals surface area contributed by atoms with Crippen LogP contribution in [0.3, 0.4) is 0 Å². The maximum atomic E-state index is 12.0. The SMILES string of the molecule is C=C(CN1Cc2c(Br)cccc2C1=O)C(N)=O. The van der Waals surface area contributed by atoms with Crippen molar-refractivity contribution in [1.29, 1.82) is 0 Å².